The fourth-order valence-electron chi connectivity index (χ4n) is 2.16. The number of nitrogens with zero attached hydrogens (tertiary/aromatic N) is 1. The normalized spacial score (nSPS) is 20.0. The molecule has 7 heteroatoms. The zero-order valence-electron chi connectivity index (χ0n) is 12.2. The van der Waals surface area contributed by atoms with Crippen molar-refractivity contribution in [2.24, 2.45) is 11.7 Å². The maximum Gasteiger partial charge on any atom is 0.235 e. The molecule has 0 radical (unpaired) electrons. The van der Waals surface area contributed by atoms with Gasteiger partial charge in [-0.15, -0.1) is 0 Å². The summed E-state index contributed by atoms with van der Waals surface area (Å²) in [6, 6.07) is 6.63. The second-order valence-electron chi connectivity index (χ2n) is 5.43. The number of hydrogen-bond donors (Lipinski definition) is 2. The van der Waals surface area contributed by atoms with Gasteiger partial charge in [-0.3, -0.25) is 9.10 Å². The number of benzene rings is 1. The van der Waals surface area contributed by atoms with Gasteiger partial charge in [0.25, 0.3) is 0 Å². The van der Waals surface area contributed by atoms with E-state index >= 15 is 0 Å². The van der Waals surface area contributed by atoms with Gasteiger partial charge in [0.2, 0.25) is 15.9 Å². The average molecular weight is 311 g/mol. The van der Waals surface area contributed by atoms with Crippen molar-refractivity contribution in [3.8, 4) is 0 Å². The highest BCUT2D eigenvalue weighted by atomic mass is 32.2. The molecular weight excluding hydrogens is 290 g/mol. The second-order valence-corrected chi connectivity index (χ2v) is 7.44. The molecule has 2 unspecified atom stereocenters. The first-order valence-corrected chi connectivity index (χ1v) is 8.59. The molecule has 3 N–H and O–H groups in total. The van der Waals surface area contributed by atoms with Gasteiger partial charge in [-0.25, -0.2) is 8.42 Å². The summed E-state index contributed by atoms with van der Waals surface area (Å²) < 4.78 is 25.2. The molecule has 0 saturated carbocycles. The summed E-state index contributed by atoms with van der Waals surface area (Å²) in [6.07, 6.45) is 0.626. The Balaban J connectivity index is 2.17. The number of hydrogen-bond acceptors (Lipinski definition) is 4. The van der Waals surface area contributed by atoms with Gasteiger partial charge in [-0.05, 0) is 31.5 Å². The van der Waals surface area contributed by atoms with E-state index in [2.05, 4.69) is 5.32 Å². The molecule has 1 aromatic rings. The van der Waals surface area contributed by atoms with Gasteiger partial charge in [0.05, 0.1) is 17.4 Å². The van der Waals surface area contributed by atoms with Crippen molar-refractivity contribution < 1.29 is 13.2 Å². The number of nitrogens with two attached hydrogens (primary N) is 1. The number of sulfonamides is 1. The molecule has 0 aliphatic carbocycles. The van der Waals surface area contributed by atoms with Crippen LogP contribution in [0.15, 0.2) is 24.3 Å². The van der Waals surface area contributed by atoms with E-state index in [1.54, 1.807) is 38.1 Å². The first-order chi connectivity index (χ1) is 9.81. The summed E-state index contributed by atoms with van der Waals surface area (Å²) in [4.78, 5) is 12.0. The largest absolute Gasteiger partial charge is 0.327 e. The average Bonchev–Trinajstić information content (AvgIpc) is 2.77. The molecule has 2 atom stereocenters. The van der Waals surface area contributed by atoms with Crippen LogP contribution < -0.4 is 15.4 Å². The quantitative estimate of drug-likeness (QED) is 0.872. The summed E-state index contributed by atoms with van der Waals surface area (Å²) in [7, 11) is -3.21. The van der Waals surface area contributed by atoms with Gasteiger partial charge in [-0.2, -0.15) is 0 Å². The monoisotopic (exact) mass is 311 g/mol. The molecule has 1 aliphatic rings. The molecule has 2 rings (SSSR count). The third-order valence-corrected chi connectivity index (χ3v) is 5.57. The third-order valence-electron chi connectivity index (χ3n) is 3.70. The Kier molecular flexibility index (Phi) is 4.53. The van der Waals surface area contributed by atoms with Crippen LogP contribution in [0.25, 0.3) is 0 Å². The zero-order chi connectivity index (χ0) is 15.6. The van der Waals surface area contributed by atoms with Crippen LogP contribution in [0.1, 0.15) is 20.3 Å². The zero-order valence-corrected chi connectivity index (χ0v) is 13.1. The van der Waals surface area contributed by atoms with E-state index in [4.69, 9.17) is 5.73 Å². The van der Waals surface area contributed by atoms with Crippen LogP contribution in [0.2, 0.25) is 0 Å². The van der Waals surface area contributed by atoms with Gasteiger partial charge < -0.3 is 11.1 Å². The van der Waals surface area contributed by atoms with Gasteiger partial charge in [0, 0.05) is 18.3 Å². The number of carbonyl (C=O) groups is 1. The molecule has 1 heterocycles. The molecule has 1 aromatic carbocycles. The smallest absolute Gasteiger partial charge is 0.235 e. The Hall–Kier alpha value is -1.60. The van der Waals surface area contributed by atoms with Crippen molar-refractivity contribution in [2.45, 2.75) is 26.3 Å². The minimum Gasteiger partial charge on any atom is -0.327 e. The van der Waals surface area contributed by atoms with Crippen molar-refractivity contribution in [1.29, 1.82) is 0 Å². The van der Waals surface area contributed by atoms with E-state index in [0.717, 1.165) is 0 Å². The predicted octanol–water partition coefficient (Wildman–Crippen LogP) is 1.15. The molecule has 6 nitrogen and oxygen atoms in total. The minimum atomic E-state index is -3.21. The van der Waals surface area contributed by atoms with Crippen LogP contribution in [0.5, 0.6) is 0 Å². The Labute approximate surface area is 125 Å². The van der Waals surface area contributed by atoms with Crippen LogP contribution in [-0.4, -0.2) is 32.7 Å². The maximum absolute atomic E-state index is 12.0. The van der Waals surface area contributed by atoms with Gasteiger partial charge >= 0.3 is 0 Å². The number of rotatable bonds is 4. The fraction of sp³-hybridized carbons (Fsp3) is 0.500. The fourth-order valence-corrected chi connectivity index (χ4v) is 3.72. The molecule has 1 fully saturated rings. The predicted molar refractivity (Wildman–Crippen MR) is 83.6 cm³/mol. The van der Waals surface area contributed by atoms with Crippen molar-refractivity contribution >= 4 is 27.3 Å². The first-order valence-electron chi connectivity index (χ1n) is 6.98. The molecule has 21 heavy (non-hydrogen) atoms. The summed E-state index contributed by atoms with van der Waals surface area (Å²) in [5.41, 5.74) is 6.87. The molecule has 0 bridgehead atoms. The minimum absolute atomic E-state index is 0.172. The Morgan fingerprint density at radius 2 is 2.10 bits per heavy atom. The summed E-state index contributed by atoms with van der Waals surface area (Å²) in [5, 5.41) is 2.77. The molecule has 1 aliphatic heterocycles. The standard InChI is InChI=1S/C14H21N3O3S/c1-10(11(2)15)14(18)16-12-5-3-6-13(9-12)17-7-4-8-21(17,19)20/h3,5-6,9-11H,4,7-8,15H2,1-2H3,(H,16,18). The number of carbonyl (C=O) groups excluding carboxylic acids is 1. The molecule has 0 aromatic heterocycles. The summed E-state index contributed by atoms with van der Waals surface area (Å²) in [6.45, 7) is 4.02. The highest BCUT2D eigenvalue weighted by Crippen LogP contribution is 2.26. The summed E-state index contributed by atoms with van der Waals surface area (Å²) in [5.74, 6) is -0.318. The molecule has 1 amide bonds. The van der Waals surface area contributed by atoms with Crippen molar-refractivity contribution in [3.63, 3.8) is 0 Å². The highest BCUT2D eigenvalue weighted by molar-refractivity contribution is 7.93. The van der Waals surface area contributed by atoms with Crippen molar-refractivity contribution in [3.05, 3.63) is 24.3 Å². The van der Waals surface area contributed by atoms with E-state index in [9.17, 15) is 13.2 Å². The van der Waals surface area contributed by atoms with Crippen LogP contribution in [-0.2, 0) is 14.8 Å². The maximum atomic E-state index is 12.0. The Morgan fingerprint density at radius 3 is 2.67 bits per heavy atom. The molecule has 116 valence electrons. The van der Waals surface area contributed by atoms with Gasteiger partial charge in [0.15, 0.2) is 0 Å². The lowest BCUT2D eigenvalue weighted by Gasteiger charge is -2.19. The van der Waals surface area contributed by atoms with Crippen molar-refractivity contribution in [1.82, 2.24) is 0 Å². The molecule has 1 saturated heterocycles. The number of nitrogens with one attached hydrogen (secondary N) is 1. The lowest BCUT2D eigenvalue weighted by molar-refractivity contribution is -0.119. The Morgan fingerprint density at radius 1 is 1.38 bits per heavy atom. The highest BCUT2D eigenvalue weighted by Gasteiger charge is 2.28. The molecular formula is C14H21N3O3S. The Bertz CT molecular complexity index is 628. The van der Waals surface area contributed by atoms with E-state index in [1.807, 2.05) is 0 Å². The first kappa shape index (κ1) is 15.8. The van der Waals surface area contributed by atoms with E-state index in [-0.39, 0.29) is 23.6 Å². The van der Waals surface area contributed by atoms with E-state index < -0.39 is 10.0 Å². The van der Waals surface area contributed by atoms with Crippen LogP contribution in [0, 0.1) is 5.92 Å². The van der Waals surface area contributed by atoms with Gasteiger partial charge in [-0.1, -0.05) is 13.0 Å². The lowest BCUT2D eigenvalue weighted by Crippen LogP contribution is -2.34. The van der Waals surface area contributed by atoms with Gasteiger partial charge in [0.1, 0.15) is 0 Å². The number of anilines is 2. The summed E-state index contributed by atoms with van der Waals surface area (Å²) >= 11 is 0. The van der Waals surface area contributed by atoms with Crippen LogP contribution in [0.3, 0.4) is 0 Å². The third kappa shape index (κ3) is 3.54. The SMILES string of the molecule is CC(N)C(C)C(=O)Nc1cccc(N2CCCS2(=O)=O)c1. The van der Waals surface area contributed by atoms with E-state index in [1.165, 1.54) is 4.31 Å². The van der Waals surface area contributed by atoms with E-state index in [0.29, 0.717) is 24.3 Å². The lowest BCUT2D eigenvalue weighted by atomic mass is 10.0. The topological polar surface area (TPSA) is 92.5 Å². The molecule has 0 spiro atoms. The van der Waals surface area contributed by atoms with Crippen LogP contribution >= 0.6 is 0 Å². The van der Waals surface area contributed by atoms with Crippen LogP contribution in [0.4, 0.5) is 11.4 Å². The number of amides is 1. The van der Waals surface area contributed by atoms with Crippen molar-refractivity contribution in [2.75, 3.05) is 21.9 Å². The second kappa shape index (κ2) is 6.03.